The average Bonchev–Trinajstić information content (AvgIpc) is 2.81. The first-order chi connectivity index (χ1) is 9.11. The van der Waals surface area contributed by atoms with Crippen LogP contribution in [-0.2, 0) is 6.54 Å². The Bertz CT molecular complexity index is 660. The molecule has 2 aromatic heterocycles. The van der Waals surface area contributed by atoms with Crippen LogP contribution in [0.15, 0.2) is 24.4 Å². The molecular formula is C12H10N4O2S. The number of anilines is 1. The zero-order valence-electron chi connectivity index (χ0n) is 10.1. The predicted molar refractivity (Wildman–Crippen MR) is 72.0 cm³/mol. The Balaban J connectivity index is 2.25. The van der Waals surface area contributed by atoms with Gasteiger partial charge in [-0.25, -0.2) is 4.98 Å². The van der Waals surface area contributed by atoms with E-state index >= 15 is 0 Å². The molecule has 0 unspecified atom stereocenters. The van der Waals surface area contributed by atoms with E-state index in [0.29, 0.717) is 6.54 Å². The lowest BCUT2D eigenvalue weighted by molar-refractivity contribution is -0.384. The van der Waals surface area contributed by atoms with Crippen LogP contribution in [0.3, 0.4) is 0 Å². The quantitative estimate of drug-likeness (QED) is 0.683. The predicted octanol–water partition coefficient (Wildman–Crippen LogP) is 2.84. The number of hydrogen-bond donors (Lipinski definition) is 1. The number of hydrogen-bond acceptors (Lipinski definition) is 6. The number of nitrogens with zero attached hydrogens (tertiary/aromatic N) is 3. The molecule has 0 fully saturated rings. The summed E-state index contributed by atoms with van der Waals surface area (Å²) in [7, 11) is 0. The molecule has 2 heterocycles. The maximum Gasteiger partial charge on any atom is 0.328 e. The van der Waals surface area contributed by atoms with Crippen molar-refractivity contribution in [2.24, 2.45) is 0 Å². The van der Waals surface area contributed by atoms with Gasteiger partial charge in [0.05, 0.1) is 11.5 Å². The lowest BCUT2D eigenvalue weighted by Crippen LogP contribution is -2.05. The molecule has 7 heteroatoms. The summed E-state index contributed by atoms with van der Waals surface area (Å²) in [4.78, 5) is 16.6. The number of nitriles is 1. The first kappa shape index (κ1) is 13.0. The molecule has 0 amide bonds. The topological polar surface area (TPSA) is 91.8 Å². The molecule has 0 radical (unpaired) electrons. The van der Waals surface area contributed by atoms with Crippen LogP contribution in [-0.4, -0.2) is 9.91 Å². The summed E-state index contributed by atoms with van der Waals surface area (Å²) >= 11 is 1.61. The van der Waals surface area contributed by atoms with E-state index in [1.165, 1.54) is 17.1 Å². The van der Waals surface area contributed by atoms with Gasteiger partial charge in [0.25, 0.3) is 0 Å². The van der Waals surface area contributed by atoms with Gasteiger partial charge in [-0.15, -0.1) is 11.3 Å². The molecule has 0 aliphatic heterocycles. The van der Waals surface area contributed by atoms with Crippen molar-refractivity contribution in [3.63, 3.8) is 0 Å². The molecule has 6 nitrogen and oxygen atoms in total. The number of rotatable bonds is 4. The van der Waals surface area contributed by atoms with Crippen LogP contribution in [0.4, 0.5) is 11.5 Å². The number of thiophene rings is 1. The highest BCUT2D eigenvalue weighted by Gasteiger charge is 2.20. The summed E-state index contributed by atoms with van der Waals surface area (Å²) in [6, 6.07) is 7.07. The second-order valence-electron chi connectivity index (χ2n) is 3.79. The van der Waals surface area contributed by atoms with Gasteiger partial charge in [0, 0.05) is 16.0 Å². The summed E-state index contributed by atoms with van der Waals surface area (Å²) in [6.07, 6.45) is 1.38. The van der Waals surface area contributed by atoms with Crippen LogP contribution in [0.2, 0.25) is 0 Å². The fraction of sp³-hybridized carbons (Fsp3) is 0.167. The van der Waals surface area contributed by atoms with E-state index in [2.05, 4.69) is 10.3 Å². The van der Waals surface area contributed by atoms with Crippen LogP contribution in [0, 0.1) is 28.4 Å². The van der Waals surface area contributed by atoms with Crippen LogP contribution < -0.4 is 5.32 Å². The highest BCUT2D eigenvalue weighted by atomic mass is 32.1. The van der Waals surface area contributed by atoms with E-state index in [-0.39, 0.29) is 17.1 Å². The molecule has 0 saturated heterocycles. The van der Waals surface area contributed by atoms with E-state index in [1.54, 1.807) is 17.4 Å². The molecule has 0 bridgehead atoms. The monoisotopic (exact) mass is 274 g/mol. The first-order valence-corrected chi connectivity index (χ1v) is 6.26. The minimum absolute atomic E-state index is 0.00450. The van der Waals surface area contributed by atoms with Crippen LogP contribution in [0.5, 0.6) is 0 Å². The molecule has 0 atom stereocenters. The normalized spacial score (nSPS) is 9.89. The number of nitrogens with one attached hydrogen (secondary N) is 1. The maximum absolute atomic E-state index is 11.0. The highest BCUT2D eigenvalue weighted by molar-refractivity contribution is 7.11. The number of aromatic nitrogens is 1. The minimum atomic E-state index is -0.590. The van der Waals surface area contributed by atoms with Crippen LogP contribution in [0.25, 0.3) is 0 Å². The van der Waals surface area contributed by atoms with E-state index in [9.17, 15) is 10.1 Å². The Labute approximate surface area is 113 Å². The summed E-state index contributed by atoms with van der Waals surface area (Å²) in [5.41, 5.74) is -0.275. The molecule has 0 aliphatic carbocycles. The average molecular weight is 274 g/mol. The fourth-order valence-electron chi connectivity index (χ4n) is 1.61. The van der Waals surface area contributed by atoms with Gasteiger partial charge in [-0.2, -0.15) is 5.26 Å². The molecule has 0 saturated carbocycles. The SMILES string of the molecule is Cc1ccc(CNc2nccc(C#N)c2[N+](=O)[O-])s1. The summed E-state index contributed by atoms with van der Waals surface area (Å²) in [6.45, 7) is 2.44. The third-order valence-electron chi connectivity index (χ3n) is 2.45. The van der Waals surface area contributed by atoms with Gasteiger partial charge in [0.15, 0.2) is 0 Å². The molecule has 96 valence electrons. The van der Waals surface area contributed by atoms with Crippen LogP contribution >= 0.6 is 11.3 Å². The summed E-state index contributed by atoms with van der Waals surface area (Å²) in [5, 5.41) is 22.8. The van der Waals surface area contributed by atoms with Crippen molar-refractivity contribution in [1.82, 2.24) is 4.98 Å². The Morgan fingerprint density at radius 1 is 1.53 bits per heavy atom. The molecule has 19 heavy (non-hydrogen) atoms. The van der Waals surface area contributed by atoms with Crippen molar-refractivity contribution in [2.45, 2.75) is 13.5 Å². The molecule has 2 aromatic rings. The third kappa shape index (κ3) is 2.86. The van der Waals surface area contributed by atoms with Crippen LogP contribution in [0.1, 0.15) is 15.3 Å². The van der Waals surface area contributed by atoms with Gasteiger partial charge in [0.1, 0.15) is 11.6 Å². The van der Waals surface area contributed by atoms with Crippen molar-refractivity contribution < 1.29 is 4.92 Å². The highest BCUT2D eigenvalue weighted by Crippen LogP contribution is 2.26. The Morgan fingerprint density at radius 2 is 2.32 bits per heavy atom. The van der Waals surface area contributed by atoms with E-state index in [0.717, 1.165) is 4.88 Å². The third-order valence-corrected chi connectivity index (χ3v) is 3.45. The van der Waals surface area contributed by atoms with Gasteiger partial charge in [-0.1, -0.05) is 0 Å². The Morgan fingerprint density at radius 3 is 2.89 bits per heavy atom. The summed E-state index contributed by atoms with van der Waals surface area (Å²) in [5.74, 6) is 0.120. The van der Waals surface area contributed by atoms with Gasteiger partial charge in [-0.05, 0) is 25.1 Å². The number of aryl methyl sites for hydroxylation is 1. The van der Waals surface area contributed by atoms with E-state index in [1.807, 2.05) is 19.1 Å². The van der Waals surface area contributed by atoms with E-state index < -0.39 is 4.92 Å². The smallest absolute Gasteiger partial charge is 0.328 e. The maximum atomic E-state index is 11.0. The van der Waals surface area contributed by atoms with Crippen molar-refractivity contribution in [1.29, 1.82) is 5.26 Å². The van der Waals surface area contributed by atoms with Crippen molar-refractivity contribution in [2.75, 3.05) is 5.32 Å². The first-order valence-electron chi connectivity index (χ1n) is 5.44. The lowest BCUT2D eigenvalue weighted by Gasteiger charge is -2.05. The molecule has 0 spiro atoms. The Hall–Kier alpha value is -2.46. The zero-order chi connectivity index (χ0) is 13.8. The number of nitro groups is 1. The van der Waals surface area contributed by atoms with Gasteiger partial charge in [0.2, 0.25) is 5.82 Å². The number of pyridine rings is 1. The second-order valence-corrected chi connectivity index (χ2v) is 5.16. The van der Waals surface area contributed by atoms with E-state index in [4.69, 9.17) is 5.26 Å². The van der Waals surface area contributed by atoms with Gasteiger partial charge < -0.3 is 5.32 Å². The van der Waals surface area contributed by atoms with Gasteiger partial charge in [-0.3, -0.25) is 10.1 Å². The minimum Gasteiger partial charge on any atom is -0.359 e. The molecule has 2 rings (SSSR count). The summed E-state index contributed by atoms with van der Waals surface area (Å²) < 4.78 is 0. The largest absolute Gasteiger partial charge is 0.359 e. The Kier molecular flexibility index (Phi) is 3.73. The van der Waals surface area contributed by atoms with Crippen molar-refractivity contribution >= 4 is 22.8 Å². The molecule has 0 aliphatic rings. The second kappa shape index (κ2) is 5.46. The molecule has 0 aromatic carbocycles. The lowest BCUT2D eigenvalue weighted by atomic mass is 10.2. The van der Waals surface area contributed by atoms with Gasteiger partial charge >= 0.3 is 5.69 Å². The molecular weight excluding hydrogens is 264 g/mol. The molecule has 1 N–H and O–H groups in total. The zero-order valence-corrected chi connectivity index (χ0v) is 10.9. The van der Waals surface area contributed by atoms with Crippen molar-refractivity contribution in [3.8, 4) is 6.07 Å². The van der Waals surface area contributed by atoms with Crippen molar-refractivity contribution in [3.05, 3.63) is 49.8 Å². The fourth-order valence-corrected chi connectivity index (χ4v) is 2.44. The standard InChI is InChI=1S/C12H10N4O2S/c1-8-2-3-10(19-8)7-15-12-11(16(17)18)9(6-13)4-5-14-12/h2-5H,7H2,1H3,(H,14,15).